The number of rotatable bonds is 9. The van der Waals surface area contributed by atoms with Crippen LogP contribution in [0.5, 0.6) is 11.5 Å². The largest absolute Gasteiger partial charge is 0.497 e. The summed E-state index contributed by atoms with van der Waals surface area (Å²) in [7, 11) is -0.975. The number of hydrogen-bond donors (Lipinski definition) is 2. The average molecular weight is 491 g/mol. The number of carbonyl (C=O) groups is 2. The average Bonchev–Trinajstić information content (AvgIpc) is 3.32. The molecule has 0 saturated heterocycles. The molecule has 1 amide bonds. The molecule has 0 atom stereocenters. The van der Waals surface area contributed by atoms with Crippen LogP contribution >= 0.6 is 11.3 Å². The summed E-state index contributed by atoms with van der Waals surface area (Å²) in [5.74, 6) is -0.202. The van der Waals surface area contributed by atoms with Gasteiger partial charge in [-0.25, -0.2) is 18.4 Å². The zero-order valence-corrected chi connectivity index (χ0v) is 19.4. The van der Waals surface area contributed by atoms with Gasteiger partial charge in [0.1, 0.15) is 21.3 Å². The van der Waals surface area contributed by atoms with Crippen molar-refractivity contribution in [1.29, 1.82) is 0 Å². The number of nitrogens with two attached hydrogens (primary N) is 1. The van der Waals surface area contributed by atoms with Gasteiger partial charge in [-0.1, -0.05) is 24.3 Å². The van der Waals surface area contributed by atoms with E-state index in [4.69, 9.17) is 19.3 Å². The SMILES string of the molecule is COc1ccc(C(NC(=O)COC(=O)c2sccc2S(N)(=O)=O)c2ccc(OC)cc2)cc1. The number of esters is 1. The van der Waals surface area contributed by atoms with Crippen LogP contribution in [0, 0.1) is 0 Å². The van der Waals surface area contributed by atoms with Crippen molar-refractivity contribution >= 4 is 33.2 Å². The van der Waals surface area contributed by atoms with Gasteiger partial charge in [-0.2, -0.15) is 0 Å². The minimum absolute atomic E-state index is 0.188. The zero-order valence-electron chi connectivity index (χ0n) is 17.8. The molecule has 174 valence electrons. The molecule has 1 heterocycles. The van der Waals surface area contributed by atoms with E-state index in [2.05, 4.69) is 5.32 Å². The Morgan fingerprint density at radius 3 is 1.91 bits per heavy atom. The predicted octanol–water partition coefficient (Wildman–Crippen LogP) is 2.48. The summed E-state index contributed by atoms with van der Waals surface area (Å²) in [6, 6.07) is 15.0. The molecular formula is C22H22N2O7S2. The third-order valence-corrected chi connectivity index (χ3v) is 6.64. The number of methoxy groups -OCH3 is 2. The Morgan fingerprint density at radius 1 is 0.939 bits per heavy atom. The number of ether oxygens (including phenoxy) is 3. The highest BCUT2D eigenvalue weighted by Crippen LogP contribution is 2.26. The molecule has 3 rings (SSSR count). The molecule has 11 heteroatoms. The molecule has 0 unspecified atom stereocenters. The summed E-state index contributed by atoms with van der Waals surface area (Å²) in [4.78, 5) is 24.4. The molecular weight excluding hydrogens is 468 g/mol. The standard InChI is InChI=1S/C22H22N2O7S2/c1-29-16-7-3-14(4-8-16)20(15-5-9-17(30-2)10-6-15)24-19(25)13-31-22(26)21-18(11-12-32-21)33(23,27)28/h3-12,20H,13H2,1-2H3,(H,24,25)(H2,23,27,28). The minimum atomic E-state index is -4.09. The maximum absolute atomic E-state index is 12.6. The lowest BCUT2D eigenvalue weighted by atomic mass is 9.98. The summed E-state index contributed by atoms with van der Waals surface area (Å²) in [5, 5.41) is 9.34. The Kier molecular flexibility index (Phi) is 7.69. The Bertz CT molecular complexity index is 1170. The van der Waals surface area contributed by atoms with Crippen LogP contribution in [0.2, 0.25) is 0 Å². The van der Waals surface area contributed by atoms with E-state index in [0.717, 1.165) is 22.5 Å². The number of sulfonamides is 1. The summed E-state index contributed by atoms with van der Waals surface area (Å²) >= 11 is 0.862. The molecule has 0 spiro atoms. The number of hydrogen-bond acceptors (Lipinski definition) is 8. The van der Waals surface area contributed by atoms with Gasteiger partial charge in [0.2, 0.25) is 10.0 Å². The van der Waals surface area contributed by atoms with Gasteiger partial charge in [-0.15, -0.1) is 11.3 Å². The van der Waals surface area contributed by atoms with Crippen LogP contribution in [0.15, 0.2) is 64.9 Å². The molecule has 3 N–H and O–H groups in total. The molecule has 2 aromatic carbocycles. The van der Waals surface area contributed by atoms with Crippen LogP contribution in [0.1, 0.15) is 26.8 Å². The molecule has 0 fully saturated rings. The van der Waals surface area contributed by atoms with Crippen LogP contribution in [0.4, 0.5) is 0 Å². The third kappa shape index (κ3) is 6.09. The van der Waals surface area contributed by atoms with E-state index in [-0.39, 0.29) is 9.77 Å². The summed E-state index contributed by atoms with van der Waals surface area (Å²) in [5.41, 5.74) is 1.55. The highest BCUT2D eigenvalue weighted by Gasteiger charge is 2.24. The molecule has 0 bridgehead atoms. The molecule has 3 aromatic rings. The van der Waals surface area contributed by atoms with Gasteiger partial charge < -0.3 is 19.5 Å². The van der Waals surface area contributed by atoms with Crippen molar-refractivity contribution in [2.75, 3.05) is 20.8 Å². The summed E-state index contributed by atoms with van der Waals surface area (Å²) in [6.45, 7) is -0.608. The third-order valence-electron chi connectivity index (χ3n) is 4.66. The van der Waals surface area contributed by atoms with Crippen LogP contribution in [-0.4, -0.2) is 41.1 Å². The molecule has 0 radical (unpaired) electrons. The monoisotopic (exact) mass is 490 g/mol. The molecule has 1 aromatic heterocycles. The number of benzene rings is 2. The molecule has 0 saturated carbocycles. The first kappa shape index (κ1) is 24.2. The van der Waals surface area contributed by atoms with Crippen LogP contribution in [0.25, 0.3) is 0 Å². The number of nitrogens with one attached hydrogen (secondary N) is 1. The van der Waals surface area contributed by atoms with Crippen molar-refractivity contribution in [3.63, 3.8) is 0 Å². The van der Waals surface area contributed by atoms with E-state index < -0.39 is 34.5 Å². The predicted molar refractivity (Wildman–Crippen MR) is 122 cm³/mol. The first-order chi connectivity index (χ1) is 15.7. The van der Waals surface area contributed by atoms with Gasteiger partial charge in [-0.05, 0) is 46.8 Å². The maximum atomic E-state index is 12.6. The quantitative estimate of drug-likeness (QED) is 0.440. The first-order valence-corrected chi connectivity index (χ1v) is 12.0. The van der Waals surface area contributed by atoms with E-state index in [9.17, 15) is 18.0 Å². The normalized spacial score (nSPS) is 11.2. The summed E-state index contributed by atoms with van der Waals surface area (Å²) in [6.07, 6.45) is 0. The molecule has 9 nitrogen and oxygen atoms in total. The summed E-state index contributed by atoms with van der Waals surface area (Å²) < 4.78 is 38.6. The fourth-order valence-electron chi connectivity index (χ4n) is 3.02. The lowest BCUT2D eigenvalue weighted by Crippen LogP contribution is -2.33. The van der Waals surface area contributed by atoms with Gasteiger partial charge in [0, 0.05) is 0 Å². The Balaban J connectivity index is 1.75. The van der Waals surface area contributed by atoms with Crippen molar-refractivity contribution in [1.82, 2.24) is 5.32 Å². The van der Waals surface area contributed by atoms with E-state index in [0.29, 0.717) is 11.5 Å². The Labute approximate surface area is 195 Å². The van der Waals surface area contributed by atoms with Gasteiger partial charge >= 0.3 is 5.97 Å². The van der Waals surface area contributed by atoms with E-state index >= 15 is 0 Å². The van der Waals surface area contributed by atoms with Crippen LogP contribution in [0.3, 0.4) is 0 Å². The second kappa shape index (κ2) is 10.5. The molecule has 0 aliphatic rings. The van der Waals surface area contributed by atoms with Crippen molar-refractivity contribution in [3.8, 4) is 11.5 Å². The Morgan fingerprint density at radius 2 is 1.45 bits per heavy atom. The molecule has 33 heavy (non-hydrogen) atoms. The zero-order chi connectivity index (χ0) is 24.0. The number of primary sulfonamides is 1. The fraction of sp³-hybridized carbons (Fsp3) is 0.182. The fourth-order valence-corrected chi connectivity index (χ4v) is 4.88. The van der Waals surface area contributed by atoms with Gasteiger partial charge in [0.15, 0.2) is 6.61 Å². The van der Waals surface area contributed by atoms with Gasteiger partial charge in [0.25, 0.3) is 5.91 Å². The van der Waals surface area contributed by atoms with E-state index in [1.54, 1.807) is 38.5 Å². The van der Waals surface area contributed by atoms with E-state index in [1.807, 2.05) is 24.3 Å². The van der Waals surface area contributed by atoms with Crippen LogP contribution in [-0.2, 0) is 19.6 Å². The van der Waals surface area contributed by atoms with Gasteiger partial charge in [-0.3, -0.25) is 4.79 Å². The van der Waals surface area contributed by atoms with Crippen molar-refractivity contribution in [2.45, 2.75) is 10.9 Å². The molecule has 0 aliphatic heterocycles. The minimum Gasteiger partial charge on any atom is -0.497 e. The smallest absolute Gasteiger partial charge is 0.350 e. The number of amides is 1. The lowest BCUT2D eigenvalue weighted by Gasteiger charge is -2.20. The lowest BCUT2D eigenvalue weighted by molar-refractivity contribution is -0.124. The molecule has 0 aliphatic carbocycles. The van der Waals surface area contributed by atoms with Crippen molar-refractivity contribution < 1.29 is 32.2 Å². The van der Waals surface area contributed by atoms with Crippen LogP contribution < -0.4 is 19.9 Å². The number of thiophene rings is 1. The van der Waals surface area contributed by atoms with Crippen molar-refractivity contribution in [2.24, 2.45) is 5.14 Å². The van der Waals surface area contributed by atoms with E-state index in [1.165, 1.54) is 11.4 Å². The van der Waals surface area contributed by atoms with Gasteiger partial charge in [0.05, 0.1) is 20.3 Å². The Hall–Kier alpha value is -3.41. The van der Waals surface area contributed by atoms with Crippen molar-refractivity contribution in [3.05, 3.63) is 76.0 Å². The second-order valence-corrected chi connectivity index (χ2v) is 9.23. The maximum Gasteiger partial charge on any atom is 0.350 e. The first-order valence-electron chi connectivity index (χ1n) is 9.57. The second-order valence-electron chi connectivity index (χ2n) is 6.78. The topological polar surface area (TPSA) is 134 Å². The highest BCUT2D eigenvalue weighted by molar-refractivity contribution is 7.89. The highest BCUT2D eigenvalue weighted by atomic mass is 32.2. The number of carbonyl (C=O) groups excluding carboxylic acids is 2.